The molecule has 2 aromatic rings. The summed E-state index contributed by atoms with van der Waals surface area (Å²) in [5, 5.41) is 0. The van der Waals surface area contributed by atoms with Gasteiger partial charge < -0.3 is 14.2 Å². The van der Waals surface area contributed by atoms with Crippen molar-refractivity contribution in [3.8, 4) is 0 Å². The third-order valence-electron chi connectivity index (χ3n) is 5.31. The lowest BCUT2D eigenvalue weighted by Gasteiger charge is -2.38. The number of carbonyl (C=O) groups is 2. The maximum atomic E-state index is 12.6. The predicted molar refractivity (Wildman–Crippen MR) is 93.0 cm³/mol. The summed E-state index contributed by atoms with van der Waals surface area (Å²) in [5.41, 5.74) is 2.47. The normalized spacial score (nSPS) is 18.4. The SMILES string of the molecule is Cc1nc2ccc(CC(=O)N3CCN(C(=O)C4CCC4)CC3)cc2o1. The fourth-order valence-corrected chi connectivity index (χ4v) is 3.57. The summed E-state index contributed by atoms with van der Waals surface area (Å²) >= 11 is 0. The van der Waals surface area contributed by atoms with Gasteiger partial charge in [-0.15, -0.1) is 0 Å². The molecule has 1 saturated heterocycles. The molecule has 0 spiro atoms. The quantitative estimate of drug-likeness (QED) is 0.858. The van der Waals surface area contributed by atoms with Crippen LogP contribution in [-0.4, -0.2) is 52.8 Å². The number of amides is 2. The number of nitrogens with zero attached hydrogens (tertiary/aromatic N) is 3. The molecule has 2 fully saturated rings. The van der Waals surface area contributed by atoms with Crippen LogP contribution in [0.4, 0.5) is 0 Å². The summed E-state index contributed by atoms with van der Waals surface area (Å²) in [6.45, 7) is 4.37. The molecule has 25 heavy (non-hydrogen) atoms. The van der Waals surface area contributed by atoms with Crippen molar-refractivity contribution < 1.29 is 14.0 Å². The highest BCUT2D eigenvalue weighted by atomic mass is 16.3. The molecule has 1 aromatic carbocycles. The fraction of sp³-hybridized carbons (Fsp3) is 0.526. The van der Waals surface area contributed by atoms with Gasteiger partial charge in [-0.25, -0.2) is 4.98 Å². The van der Waals surface area contributed by atoms with Gasteiger partial charge in [-0.1, -0.05) is 12.5 Å². The summed E-state index contributed by atoms with van der Waals surface area (Å²) in [4.78, 5) is 32.9. The third kappa shape index (κ3) is 3.25. The number of oxazole rings is 1. The first kappa shape index (κ1) is 16.1. The van der Waals surface area contributed by atoms with Crippen LogP contribution in [-0.2, 0) is 16.0 Å². The molecule has 1 aliphatic heterocycles. The van der Waals surface area contributed by atoms with Gasteiger partial charge in [0.25, 0.3) is 0 Å². The number of hydrogen-bond acceptors (Lipinski definition) is 4. The molecule has 132 valence electrons. The zero-order chi connectivity index (χ0) is 17.4. The van der Waals surface area contributed by atoms with E-state index in [2.05, 4.69) is 4.98 Å². The number of carbonyl (C=O) groups excluding carboxylic acids is 2. The minimum absolute atomic E-state index is 0.103. The van der Waals surface area contributed by atoms with Gasteiger partial charge in [-0.05, 0) is 30.5 Å². The van der Waals surface area contributed by atoms with E-state index in [0.717, 1.165) is 29.5 Å². The Hall–Kier alpha value is -2.37. The highest BCUT2D eigenvalue weighted by molar-refractivity contribution is 5.82. The standard InChI is InChI=1S/C19H23N3O3/c1-13-20-16-6-5-14(11-17(16)25-13)12-18(23)21-7-9-22(10-8-21)19(24)15-3-2-4-15/h5-6,11,15H,2-4,7-10,12H2,1H3. The molecule has 0 bridgehead atoms. The van der Waals surface area contributed by atoms with Gasteiger partial charge >= 0.3 is 0 Å². The molecule has 2 heterocycles. The Morgan fingerprint density at radius 3 is 2.56 bits per heavy atom. The largest absolute Gasteiger partial charge is 0.441 e. The van der Waals surface area contributed by atoms with Crippen LogP contribution in [0, 0.1) is 12.8 Å². The van der Waals surface area contributed by atoms with Gasteiger partial charge in [0.2, 0.25) is 11.8 Å². The van der Waals surface area contributed by atoms with E-state index in [1.807, 2.05) is 34.9 Å². The smallest absolute Gasteiger partial charge is 0.227 e. The average Bonchev–Trinajstić information content (AvgIpc) is 2.92. The molecule has 4 rings (SSSR count). The lowest BCUT2D eigenvalue weighted by Crippen LogP contribution is -2.52. The van der Waals surface area contributed by atoms with Crippen LogP contribution in [0.25, 0.3) is 11.1 Å². The van der Waals surface area contributed by atoms with Crippen molar-refractivity contribution in [3.05, 3.63) is 29.7 Å². The van der Waals surface area contributed by atoms with Crippen molar-refractivity contribution in [1.82, 2.24) is 14.8 Å². The predicted octanol–water partition coefficient (Wildman–Crippen LogP) is 2.15. The van der Waals surface area contributed by atoms with Crippen molar-refractivity contribution in [1.29, 1.82) is 0 Å². The van der Waals surface area contributed by atoms with E-state index >= 15 is 0 Å². The Labute approximate surface area is 146 Å². The zero-order valence-electron chi connectivity index (χ0n) is 14.5. The first-order chi connectivity index (χ1) is 12.1. The summed E-state index contributed by atoms with van der Waals surface area (Å²) < 4.78 is 5.53. The number of aryl methyl sites for hydroxylation is 1. The highest BCUT2D eigenvalue weighted by Crippen LogP contribution is 2.28. The van der Waals surface area contributed by atoms with Gasteiger partial charge in [-0.3, -0.25) is 9.59 Å². The molecule has 1 saturated carbocycles. The fourth-order valence-electron chi connectivity index (χ4n) is 3.57. The van der Waals surface area contributed by atoms with Gasteiger partial charge in [0.1, 0.15) is 5.52 Å². The summed E-state index contributed by atoms with van der Waals surface area (Å²) in [5.74, 6) is 1.25. The number of rotatable bonds is 3. The minimum atomic E-state index is 0.103. The van der Waals surface area contributed by atoms with Gasteiger partial charge in [0.05, 0.1) is 6.42 Å². The van der Waals surface area contributed by atoms with E-state index < -0.39 is 0 Å². The maximum absolute atomic E-state index is 12.6. The molecule has 6 heteroatoms. The minimum Gasteiger partial charge on any atom is -0.441 e. The summed E-state index contributed by atoms with van der Waals surface area (Å²) in [7, 11) is 0. The lowest BCUT2D eigenvalue weighted by molar-refractivity contribution is -0.143. The molecule has 2 amide bonds. The molecule has 2 aliphatic rings. The summed E-state index contributed by atoms with van der Waals surface area (Å²) in [6.07, 6.45) is 3.58. The van der Waals surface area contributed by atoms with E-state index in [0.29, 0.717) is 38.5 Å². The van der Waals surface area contributed by atoms with Crippen molar-refractivity contribution >= 4 is 22.9 Å². The third-order valence-corrected chi connectivity index (χ3v) is 5.31. The van der Waals surface area contributed by atoms with E-state index in [1.165, 1.54) is 6.42 Å². The first-order valence-corrected chi connectivity index (χ1v) is 9.03. The van der Waals surface area contributed by atoms with E-state index in [4.69, 9.17) is 4.42 Å². The van der Waals surface area contributed by atoms with Gasteiger partial charge in [0.15, 0.2) is 11.5 Å². The Morgan fingerprint density at radius 2 is 1.88 bits per heavy atom. The Morgan fingerprint density at radius 1 is 1.16 bits per heavy atom. The van der Waals surface area contributed by atoms with Crippen LogP contribution in [0.15, 0.2) is 22.6 Å². The number of benzene rings is 1. The lowest BCUT2D eigenvalue weighted by atomic mass is 9.84. The van der Waals surface area contributed by atoms with Crippen LogP contribution in [0.2, 0.25) is 0 Å². The average molecular weight is 341 g/mol. The second-order valence-corrected chi connectivity index (χ2v) is 7.05. The molecule has 6 nitrogen and oxygen atoms in total. The van der Waals surface area contributed by atoms with E-state index in [9.17, 15) is 9.59 Å². The van der Waals surface area contributed by atoms with Crippen LogP contribution < -0.4 is 0 Å². The van der Waals surface area contributed by atoms with Crippen LogP contribution in [0.3, 0.4) is 0 Å². The van der Waals surface area contributed by atoms with E-state index in [-0.39, 0.29) is 17.7 Å². The Kier molecular flexibility index (Phi) is 4.19. The van der Waals surface area contributed by atoms with Crippen molar-refractivity contribution in [2.45, 2.75) is 32.6 Å². The van der Waals surface area contributed by atoms with Crippen LogP contribution in [0.1, 0.15) is 30.7 Å². The molecule has 0 atom stereocenters. The first-order valence-electron chi connectivity index (χ1n) is 9.03. The molecular formula is C19H23N3O3. The molecular weight excluding hydrogens is 318 g/mol. The monoisotopic (exact) mass is 341 g/mol. The number of aromatic nitrogens is 1. The number of piperazine rings is 1. The number of hydrogen-bond donors (Lipinski definition) is 0. The molecule has 0 unspecified atom stereocenters. The Balaban J connectivity index is 1.34. The highest BCUT2D eigenvalue weighted by Gasteiger charge is 2.31. The van der Waals surface area contributed by atoms with Crippen LogP contribution >= 0.6 is 0 Å². The second kappa shape index (κ2) is 6.50. The molecule has 1 aromatic heterocycles. The van der Waals surface area contributed by atoms with Crippen molar-refractivity contribution in [2.24, 2.45) is 5.92 Å². The molecule has 0 N–H and O–H groups in total. The number of fused-ring (bicyclic) bond motifs is 1. The summed E-state index contributed by atoms with van der Waals surface area (Å²) in [6, 6.07) is 5.71. The second-order valence-electron chi connectivity index (χ2n) is 7.05. The van der Waals surface area contributed by atoms with Crippen molar-refractivity contribution in [3.63, 3.8) is 0 Å². The van der Waals surface area contributed by atoms with Gasteiger partial charge in [-0.2, -0.15) is 0 Å². The van der Waals surface area contributed by atoms with E-state index in [1.54, 1.807) is 0 Å². The van der Waals surface area contributed by atoms with Crippen LogP contribution in [0.5, 0.6) is 0 Å². The topological polar surface area (TPSA) is 66.7 Å². The Bertz CT molecular complexity index is 801. The molecule has 0 radical (unpaired) electrons. The zero-order valence-corrected chi connectivity index (χ0v) is 14.5. The van der Waals surface area contributed by atoms with Gasteiger partial charge in [0, 0.05) is 39.0 Å². The maximum Gasteiger partial charge on any atom is 0.227 e. The van der Waals surface area contributed by atoms with Crippen molar-refractivity contribution in [2.75, 3.05) is 26.2 Å². The molecule has 1 aliphatic carbocycles.